The van der Waals surface area contributed by atoms with E-state index in [4.69, 9.17) is 9.97 Å². The van der Waals surface area contributed by atoms with Crippen LogP contribution in [0.4, 0.5) is 0 Å². The van der Waals surface area contributed by atoms with Gasteiger partial charge in [-0.3, -0.25) is 0 Å². The summed E-state index contributed by atoms with van der Waals surface area (Å²) in [4.78, 5) is 18.4. The maximum Gasteiger partial charge on any atom is 0.169 e. The summed E-state index contributed by atoms with van der Waals surface area (Å²) in [7, 11) is 6.09. The summed E-state index contributed by atoms with van der Waals surface area (Å²) in [6, 6.07) is 21.5. The van der Waals surface area contributed by atoms with Gasteiger partial charge in [0.15, 0.2) is 37.2 Å². The number of aromatic nitrogens is 7. The Morgan fingerprint density at radius 2 is 0.904 bits per heavy atom. The zero-order valence-electron chi connectivity index (χ0n) is 29.8. The van der Waals surface area contributed by atoms with Gasteiger partial charge in [0.05, 0.1) is 22.8 Å². The molecular weight excluding hydrogens is 639 g/mol. The van der Waals surface area contributed by atoms with Crippen molar-refractivity contribution in [3.8, 4) is 33.4 Å². The highest BCUT2D eigenvalue weighted by molar-refractivity contribution is 5.99. The number of pyridine rings is 3. The molecule has 6 aromatic heterocycles. The van der Waals surface area contributed by atoms with Crippen LogP contribution in [-0.4, -0.2) is 19.9 Å². The van der Waals surface area contributed by atoms with Gasteiger partial charge in [-0.2, -0.15) is 0 Å². The molecule has 52 heavy (non-hydrogen) atoms. The quantitative estimate of drug-likeness (QED) is 0.137. The number of aromatic amines is 2. The Balaban J connectivity index is 1.58. The number of allylic oxidation sites excluding steroid dienone is 5. The second kappa shape index (κ2) is 13.5. The number of rotatable bonds is 6. The highest BCUT2D eigenvalue weighted by atomic mass is 14.9. The van der Waals surface area contributed by atoms with Crippen molar-refractivity contribution in [2.24, 2.45) is 21.1 Å². The number of nitrogens with one attached hydrogen (secondary N) is 2. The third-order valence-electron chi connectivity index (χ3n) is 9.49. The monoisotopic (exact) mass is 678 g/mol. The number of nitrogens with zero attached hydrogens (tertiary/aromatic N) is 5. The van der Waals surface area contributed by atoms with Crippen LogP contribution >= 0.6 is 0 Å². The first-order valence-electron chi connectivity index (χ1n) is 17.4. The molecule has 0 atom stereocenters. The maximum atomic E-state index is 5.39. The van der Waals surface area contributed by atoms with Crippen molar-refractivity contribution in [2.75, 3.05) is 0 Å². The Bertz CT molecular complexity index is 2600. The Morgan fingerprint density at radius 1 is 0.538 bits per heavy atom. The van der Waals surface area contributed by atoms with Gasteiger partial charge in [-0.05, 0) is 77.8 Å². The topological polar surface area (TPSA) is 69.0 Å². The van der Waals surface area contributed by atoms with Gasteiger partial charge in [0.25, 0.3) is 0 Å². The average molecular weight is 679 g/mol. The molecule has 0 radical (unpaired) electrons. The molecular formula is C45H40N7+3. The number of hydrogen-bond donors (Lipinski definition) is 2. The van der Waals surface area contributed by atoms with Crippen molar-refractivity contribution in [1.29, 1.82) is 0 Å². The van der Waals surface area contributed by atoms with E-state index >= 15 is 0 Å². The van der Waals surface area contributed by atoms with Crippen molar-refractivity contribution in [3.05, 3.63) is 157 Å². The number of fused-ring (bicyclic) bond motifs is 8. The lowest BCUT2D eigenvalue weighted by atomic mass is 10.0. The van der Waals surface area contributed by atoms with E-state index in [1.54, 1.807) is 0 Å². The average Bonchev–Trinajstić information content (AvgIpc) is 3.98. The summed E-state index contributed by atoms with van der Waals surface area (Å²) in [6.07, 6.45) is 28.9. The molecule has 2 N–H and O–H groups in total. The van der Waals surface area contributed by atoms with E-state index in [2.05, 4.69) is 151 Å². The van der Waals surface area contributed by atoms with Gasteiger partial charge in [-0.25, -0.2) is 23.7 Å². The Kier molecular flexibility index (Phi) is 8.45. The number of H-pyrrole nitrogens is 2. The van der Waals surface area contributed by atoms with E-state index in [0.717, 1.165) is 89.4 Å². The zero-order valence-corrected chi connectivity index (χ0v) is 29.8. The maximum absolute atomic E-state index is 5.39. The molecule has 0 spiro atoms. The molecule has 7 nitrogen and oxygen atoms in total. The minimum Gasteiger partial charge on any atom is -0.354 e. The Labute approximate surface area is 303 Å². The normalized spacial score (nSPS) is 12.6. The van der Waals surface area contributed by atoms with Crippen molar-refractivity contribution < 1.29 is 13.7 Å². The highest BCUT2D eigenvalue weighted by Crippen LogP contribution is 2.37. The minimum absolute atomic E-state index is 0.860. The fraction of sp³-hybridized carbons (Fsp3) is 0.0889. The molecule has 0 aromatic carbocycles. The molecule has 252 valence electrons. The first-order valence-corrected chi connectivity index (χ1v) is 17.4. The van der Waals surface area contributed by atoms with Gasteiger partial charge in [-0.1, -0.05) is 30.9 Å². The van der Waals surface area contributed by atoms with E-state index < -0.39 is 0 Å². The fourth-order valence-corrected chi connectivity index (χ4v) is 6.95. The third kappa shape index (κ3) is 6.03. The van der Waals surface area contributed by atoms with Crippen LogP contribution in [0, 0.1) is 0 Å². The summed E-state index contributed by atoms with van der Waals surface area (Å²) in [6.45, 7) is 6.07. The van der Waals surface area contributed by atoms with Crippen LogP contribution in [-0.2, 0) is 21.1 Å². The minimum atomic E-state index is 0.860. The van der Waals surface area contributed by atoms with Gasteiger partial charge in [-0.15, -0.1) is 0 Å². The Hall–Kier alpha value is -6.73. The van der Waals surface area contributed by atoms with Crippen LogP contribution in [0.25, 0.3) is 85.3 Å². The molecule has 0 saturated heterocycles. The predicted molar refractivity (Wildman–Crippen MR) is 212 cm³/mol. The Morgan fingerprint density at radius 3 is 1.31 bits per heavy atom. The lowest BCUT2D eigenvalue weighted by molar-refractivity contribution is -0.671. The first-order chi connectivity index (χ1) is 25.4. The van der Waals surface area contributed by atoms with Gasteiger partial charge in [0.2, 0.25) is 0 Å². The molecule has 2 aliphatic heterocycles. The molecule has 8 bridgehead atoms. The molecule has 8 rings (SSSR count). The molecule has 0 unspecified atom stereocenters. The largest absolute Gasteiger partial charge is 0.354 e. The van der Waals surface area contributed by atoms with Crippen molar-refractivity contribution in [1.82, 2.24) is 19.9 Å². The van der Waals surface area contributed by atoms with Crippen molar-refractivity contribution in [3.63, 3.8) is 0 Å². The van der Waals surface area contributed by atoms with Crippen LogP contribution in [0.3, 0.4) is 0 Å². The summed E-state index contributed by atoms with van der Waals surface area (Å²) in [5.41, 5.74) is 15.6. The van der Waals surface area contributed by atoms with Gasteiger partial charge in [0.1, 0.15) is 21.1 Å². The second-order valence-electron chi connectivity index (χ2n) is 13.1. The molecule has 7 heteroatoms. The molecule has 6 aromatic rings. The van der Waals surface area contributed by atoms with E-state index in [0.29, 0.717) is 0 Å². The van der Waals surface area contributed by atoms with E-state index in [1.807, 2.05) is 53.9 Å². The second-order valence-corrected chi connectivity index (χ2v) is 13.1. The van der Waals surface area contributed by atoms with Crippen LogP contribution in [0.5, 0.6) is 0 Å². The van der Waals surface area contributed by atoms with Crippen LogP contribution in [0.2, 0.25) is 0 Å². The standard InChI is InChI=1S/C45H39N7/c1-6-8-30(9-7-2)42-34-10-12-36(46-34)43(31-18-24-50(3)25-19-31)38-14-16-40(48-38)45(33-22-28-52(5)29-23-33)41-17-15-39(49-41)44(37-13-11-35(42)47-37)32-20-26-51(4)27-21-32/h6-29H,1H2,2-5H3,(H,46,47,48,49)/q+2/p+1/b9-7-,30-8+,42-34?,42-35?,43-36?,43-38?,44-37?,44-39?,45-40?,45-41?. The molecule has 2 aliphatic rings. The fourth-order valence-electron chi connectivity index (χ4n) is 6.95. The lowest BCUT2D eigenvalue weighted by Crippen LogP contribution is -2.25. The van der Waals surface area contributed by atoms with Crippen LogP contribution < -0.4 is 13.7 Å². The molecule has 0 saturated carbocycles. The van der Waals surface area contributed by atoms with Crippen molar-refractivity contribution in [2.45, 2.75) is 6.92 Å². The highest BCUT2D eigenvalue weighted by Gasteiger charge is 2.20. The molecule has 8 heterocycles. The number of aryl methyl sites for hydroxylation is 3. The predicted octanol–water partition coefficient (Wildman–Crippen LogP) is 8.28. The summed E-state index contributed by atoms with van der Waals surface area (Å²) in [5.74, 6) is 0. The summed E-state index contributed by atoms with van der Waals surface area (Å²) >= 11 is 0. The molecule has 0 amide bonds. The van der Waals surface area contributed by atoms with Gasteiger partial charge < -0.3 is 9.97 Å². The van der Waals surface area contributed by atoms with E-state index in [9.17, 15) is 0 Å². The van der Waals surface area contributed by atoms with Gasteiger partial charge in [0, 0.05) is 80.7 Å². The van der Waals surface area contributed by atoms with E-state index in [-0.39, 0.29) is 0 Å². The SMILES string of the molecule is C=C/C=C(\C=C/C)c1c2nc(c(-c3cc[n+](C)cc3)c3ccc([nH]3)c(-c3cc[n+](C)cc3)c3nc(c(-c4cc[n+](C)cc4)c4ccc1[nH]4)C=C3)C=C2. The van der Waals surface area contributed by atoms with Crippen molar-refractivity contribution >= 4 is 51.9 Å². The molecule has 0 fully saturated rings. The zero-order chi connectivity index (χ0) is 35.8. The summed E-state index contributed by atoms with van der Waals surface area (Å²) < 4.78 is 6.13. The molecule has 0 aliphatic carbocycles. The van der Waals surface area contributed by atoms with Crippen LogP contribution in [0.1, 0.15) is 35.3 Å². The smallest absolute Gasteiger partial charge is 0.169 e. The lowest BCUT2D eigenvalue weighted by Gasteiger charge is -2.06. The van der Waals surface area contributed by atoms with Crippen LogP contribution in [0.15, 0.2) is 129 Å². The van der Waals surface area contributed by atoms with Gasteiger partial charge >= 0.3 is 0 Å². The first kappa shape index (κ1) is 32.5. The number of hydrogen-bond acceptors (Lipinski definition) is 2. The summed E-state index contributed by atoms with van der Waals surface area (Å²) in [5, 5.41) is 0. The van der Waals surface area contributed by atoms with E-state index in [1.165, 1.54) is 0 Å². The third-order valence-corrected chi connectivity index (χ3v) is 9.49.